The molecule has 1 N–H and O–H groups in total. The van der Waals surface area contributed by atoms with Gasteiger partial charge in [-0.25, -0.2) is 0 Å². The van der Waals surface area contributed by atoms with Gasteiger partial charge in [0.05, 0.1) is 11.2 Å². The van der Waals surface area contributed by atoms with E-state index in [0.717, 1.165) is 18.6 Å². The first-order chi connectivity index (χ1) is 11.0. The van der Waals surface area contributed by atoms with E-state index < -0.39 is 4.92 Å². The number of rotatable bonds is 8. The third-order valence-electron chi connectivity index (χ3n) is 3.23. The quantitative estimate of drug-likeness (QED) is 0.596. The number of non-ortho nitro benzene ring substituents is 1. The highest BCUT2D eigenvalue weighted by Crippen LogP contribution is 2.17. The Morgan fingerprint density at radius 2 is 2.09 bits per heavy atom. The van der Waals surface area contributed by atoms with Crippen molar-refractivity contribution < 1.29 is 18.9 Å². The summed E-state index contributed by atoms with van der Waals surface area (Å²) in [6.45, 7) is 1.77. The second-order valence-electron chi connectivity index (χ2n) is 5.13. The molecule has 0 spiro atoms. The first-order valence-electron chi connectivity index (χ1n) is 7.23. The van der Waals surface area contributed by atoms with Crippen molar-refractivity contribution in [1.82, 2.24) is 5.32 Å². The Morgan fingerprint density at radius 1 is 1.35 bits per heavy atom. The largest absolute Gasteiger partial charge is 0.484 e. The lowest BCUT2D eigenvalue weighted by Gasteiger charge is -2.13. The highest BCUT2D eigenvalue weighted by molar-refractivity contribution is 5.77. The van der Waals surface area contributed by atoms with E-state index >= 15 is 0 Å². The summed E-state index contributed by atoms with van der Waals surface area (Å²) in [4.78, 5) is 21.8. The predicted octanol–water partition coefficient (Wildman–Crippen LogP) is 2.70. The molecule has 1 amide bonds. The lowest BCUT2D eigenvalue weighted by Crippen LogP contribution is -2.36. The maximum absolute atomic E-state index is 11.8. The maximum Gasteiger partial charge on any atom is 0.269 e. The molecule has 1 aromatic heterocycles. The molecule has 0 saturated heterocycles. The second kappa shape index (κ2) is 7.98. The summed E-state index contributed by atoms with van der Waals surface area (Å²) < 4.78 is 10.5. The average Bonchev–Trinajstić information content (AvgIpc) is 3.05. The number of hydrogen-bond donors (Lipinski definition) is 1. The molecule has 1 unspecified atom stereocenters. The fourth-order valence-electron chi connectivity index (χ4n) is 2.02. The molecular weight excluding hydrogens is 300 g/mol. The van der Waals surface area contributed by atoms with E-state index in [1.54, 1.807) is 6.26 Å². The molecule has 2 aromatic rings. The average molecular weight is 318 g/mol. The minimum Gasteiger partial charge on any atom is -0.484 e. The molecular formula is C16H18N2O5. The zero-order valence-electron chi connectivity index (χ0n) is 12.7. The van der Waals surface area contributed by atoms with Gasteiger partial charge in [-0.05, 0) is 37.6 Å². The van der Waals surface area contributed by atoms with Crippen molar-refractivity contribution in [2.75, 3.05) is 6.61 Å². The second-order valence-corrected chi connectivity index (χ2v) is 5.13. The lowest BCUT2D eigenvalue weighted by molar-refractivity contribution is -0.384. The van der Waals surface area contributed by atoms with Gasteiger partial charge in [0.2, 0.25) is 0 Å². The zero-order chi connectivity index (χ0) is 16.7. The number of furan rings is 1. The van der Waals surface area contributed by atoms with Crippen LogP contribution in [0.5, 0.6) is 5.75 Å². The minimum atomic E-state index is -0.489. The van der Waals surface area contributed by atoms with Crippen LogP contribution in [0.15, 0.2) is 47.1 Å². The van der Waals surface area contributed by atoms with Gasteiger partial charge < -0.3 is 14.5 Å². The zero-order valence-corrected chi connectivity index (χ0v) is 12.7. The Hall–Kier alpha value is -2.83. The van der Waals surface area contributed by atoms with E-state index in [-0.39, 0.29) is 24.2 Å². The summed E-state index contributed by atoms with van der Waals surface area (Å²) in [5, 5.41) is 13.4. The fourth-order valence-corrected chi connectivity index (χ4v) is 2.02. The van der Waals surface area contributed by atoms with Crippen LogP contribution >= 0.6 is 0 Å². The molecule has 1 heterocycles. The number of ether oxygens (including phenoxy) is 1. The first kappa shape index (κ1) is 16.5. The summed E-state index contributed by atoms with van der Waals surface area (Å²) >= 11 is 0. The molecule has 0 fully saturated rings. The standard InChI is InChI=1S/C16H18N2O5/c1-12(4-7-14-3-2-10-22-14)17-16(19)11-23-15-8-5-13(6-9-15)18(20)21/h2-3,5-6,8-10,12H,4,7,11H2,1H3,(H,17,19). The van der Waals surface area contributed by atoms with Crippen LogP contribution in [0.25, 0.3) is 0 Å². The van der Waals surface area contributed by atoms with Crippen molar-refractivity contribution in [2.24, 2.45) is 0 Å². The number of benzene rings is 1. The van der Waals surface area contributed by atoms with E-state index in [2.05, 4.69) is 5.32 Å². The van der Waals surface area contributed by atoms with Gasteiger partial charge in [-0.2, -0.15) is 0 Å². The Kier molecular flexibility index (Phi) is 5.74. The van der Waals surface area contributed by atoms with E-state index in [1.165, 1.54) is 24.3 Å². The molecule has 1 aromatic carbocycles. The topological polar surface area (TPSA) is 94.6 Å². The highest BCUT2D eigenvalue weighted by Gasteiger charge is 2.10. The molecule has 7 nitrogen and oxygen atoms in total. The monoisotopic (exact) mass is 318 g/mol. The molecule has 0 radical (unpaired) electrons. The number of nitro groups is 1. The Balaban J connectivity index is 1.70. The van der Waals surface area contributed by atoms with Gasteiger partial charge in [0, 0.05) is 24.6 Å². The van der Waals surface area contributed by atoms with Crippen molar-refractivity contribution in [2.45, 2.75) is 25.8 Å². The van der Waals surface area contributed by atoms with Crippen molar-refractivity contribution in [3.8, 4) is 5.75 Å². The number of carbonyl (C=O) groups is 1. The summed E-state index contributed by atoms with van der Waals surface area (Å²) in [6, 6.07) is 9.31. The van der Waals surface area contributed by atoms with Gasteiger partial charge in [-0.3, -0.25) is 14.9 Å². The SMILES string of the molecule is CC(CCc1ccco1)NC(=O)COc1ccc([N+](=O)[O-])cc1. The van der Waals surface area contributed by atoms with Crippen molar-refractivity contribution in [3.05, 3.63) is 58.5 Å². The van der Waals surface area contributed by atoms with E-state index in [1.807, 2.05) is 19.1 Å². The van der Waals surface area contributed by atoms with Gasteiger partial charge in [0.15, 0.2) is 6.61 Å². The molecule has 122 valence electrons. The van der Waals surface area contributed by atoms with Crippen LogP contribution in [0.1, 0.15) is 19.1 Å². The number of aryl methyl sites for hydroxylation is 1. The van der Waals surface area contributed by atoms with Gasteiger partial charge in [-0.15, -0.1) is 0 Å². The van der Waals surface area contributed by atoms with Gasteiger partial charge >= 0.3 is 0 Å². The first-order valence-corrected chi connectivity index (χ1v) is 7.23. The van der Waals surface area contributed by atoms with Gasteiger partial charge in [-0.1, -0.05) is 0 Å². The number of amides is 1. The van der Waals surface area contributed by atoms with Crippen LogP contribution in [-0.2, 0) is 11.2 Å². The number of nitrogens with one attached hydrogen (secondary N) is 1. The van der Waals surface area contributed by atoms with Crippen LogP contribution in [0, 0.1) is 10.1 Å². The number of hydrogen-bond acceptors (Lipinski definition) is 5. The Bertz CT molecular complexity index is 637. The molecule has 23 heavy (non-hydrogen) atoms. The third kappa shape index (κ3) is 5.46. The van der Waals surface area contributed by atoms with Crippen LogP contribution in [0.4, 0.5) is 5.69 Å². The molecule has 0 aliphatic carbocycles. The predicted molar refractivity (Wildman–Crippen MR) is 83.2 cm³/mol. The minimum absolute atomic E-state index is 0.00643. The number of carbonyl (C=O) groups excluding carboxylic acids is 1. The van der Waals surface area contributed by atoms with E-state index in [0.29, 0.717) is 5.75 Å². The molecule has 0 bridgehead atoms. The smallest absolute Gasteiger partial charge is 0.269 e. The third-order valence-corrected chi connectivity index (χ3v) is 3.23. The molecule has 0 saturated carbocycles. The van der Waals surface area contributed by atoms with Gasteiger partial charge in [0.1, 0.15) is 11.5 Å². The lowest BCUT2D eigenvalue weighted by atomic mass is 10.1. The Labute approximate surface area is 133 Å². The molecule has 7 heteroatoms. The van der Waals surface area contributed by atoms with Crippen molar-refractivity contribution in [3.63, 3.8) is 0 Å². The number of nitro benzene ring substituents is 1. The fraction of sp³-hybridized carbons (Fsp3) is 0.312. The van der Waals surface area contributed by atoms with Crippen LogP contribution in [0.3, 0.4) is 0 Å². The molecule has 1 atom stereocenters. The van der Waals surface area contributed by atoms with Gasteiger partial charge in [0.25, 0.3) is 11.6 Å². The van der Waals surface area contributed by atoms with E-state index in [9.17, 15) is 14.9 Å². The Morgan fingerprint density at radius 3 is 2.70 bits per heavy atom. The number of nitrogens with zero attached hydrogens (tertiary/aromatic N) is 1. The van der Waals surface area contributed by atoms with Crippen LogP contribution in [0.2, 0.25) is 0 Å². The summed E-state index contributed by atoms with van der Waals surface area (Å²) in [5.74, 6) is 1.05. The summed E-state index contributed by atoms with van der Waals surface area (Å²) in [6.07, 6.45) is 3.13. The van der Waals surface area contributed by atoms with E-state index in [4.69, 9.17) is 9.15 Å². The van der Waals surface area contributed by atoms with Crippen molar-refractivity contribution >= 4 is 11.6 Å². The molecule has 0 aliphatic heterocycles. The normalized spacial score (nSPS) is 11.7. The van der Waals surface area contributed by atoms with Crippen LogP contribution < -0.4 is 10.1 Å². The summed E-state index contributed by atoms with van der Waals surface area (Å²) in [7, 11) is 0. The maximum atomic E-state index is 11.8. The molecule has 0 aliphatic rings. The van der Waals surface area contributed by atoms with Crippen molar-refractivity contribution in [1.29, 1.82) is 0 Å². The summed E-state index contributed by atoms with van der Waals surface area (Å²) in [5.41, 5.74) is -0.0200. The highest BCUT2D eigenvalue weighted by atomic mass is 16.6. The van der Waals surface area contributed by atoms with Crippen LogP contribution in [-0.4, -0.2) is 23.5 Å². The molecule has 2 rings (SSSR count).